The van der Waals surface area contributed by atoms with Crippen LogP contribution in [0.4, 0.5) is 0 Å². The quantitative estimate of drug-likeness (QED) is 0.533. The average molecular weight is 206 g/mol. The number of hydrogen-bond acceptors (Lipinski definition) is 4. The first-order valence-corrected chi connectivity index (χ1v) is 4.54. The van der Waals surface area contributed by atoms with Crippen molar-refractivity contribution in [2.24, 2.45) is 7.05 Å². The van der Waals surface area contributed by atoms with E-state index in [0.717, 1.165) is 10.8 Å². The highest BCUT2D eigenvalue weighted by atomic mass is 32.2. The van der Waals surface area contributed by atoms with Gasteiger partial charge in [-0.1, -0.05) is 0 Å². The van der Waals surface area contributed by atoms with Crippen LogP contribution in [0.2, 0.25) is 0 Å². The molecule has 0 aliphatic heterocycles. The summed E-state index contributed by atoms with van der Waals surface area (Å²) in [6.07, 6.45) is 0.747. The number of rotatable bonds is 1. The molecule has 0 fully saturated rings. The van der Waals surface area contributed by atoms with Gasteiger partial charge in [-0.15, -0.1) is 0 Å². The van der Waals surface area contributed by atoms with E-state index in [-0.39, 0.29) is 0 Å². The second-order valence-electron chi connectivity index (χ2n) is 2.34. The summed E-state index contributed by atoms with van der Waals surface area (Å²) in [6.45, 7) is 0. The first-order valence-electron chi connectivity index (χ1n) is 3.10. The Bertz CT molecular complexity index is 537. The molecule has 0 radical (unpaired) electrons. The molecule has 0 aliphatic carbocycles. The molecule has 1 aromatic heterocycles. The van der Waals surface area contributed by atoms with E-state index in [9.17, 15) is 18.0 Å². The van der Waals surface area contributed by atoms with Gasteiger partial charge in [0.15, 0.2) is 4.90 Å². The number of H-pyrrole nitrogens is 1. The van der Waals surface area contributed by atoms with Gasteiger partial charge in [0.05, 0.1) is 0 Å². The first-order chi connectivity index (χ1) is 5.82. The molecule has 0 atom stereocenters. The number of hydrogen-bond donors (Lipinski definition) is 2. The fourth-order valence-electron chi connectivity index (χ4n) is 0.724. The van der Waals surface area contributed by atoms with E-state index in [1.54, 1.807) is 4.98 Å². The lowest BCUT2D eigenvalue weighted by Crippen LogP contribution is -2.31. The van der Waals surface area contributed by atoms with E-state index in [2.05, 4.69) is 0 Å². The SMILES string of the molecule is Cn1cc(S(=O)(=O)O)c(=O)[nH]c1=O. The molecule has 1 aromatic rings. The molecule has 0 aliphatic rings. The minimum Gasteiger partial charge on any atom is -0.302 e. The van der Waals surface area contributed by atoms with Gasteiger partial charge in [0, 0.05) is 13.2 Å². The van der Waals surface area contributed by atoms with Crippen LogP contribution >= 0.6 is 0 Å². The second kappa shape index (κ2) is 2.82. The van der Waals surface area contributed by atoms with Crippen molar-refractivity contribution in [3.05, 3.63) is 27.0 Å². The zero-order valence-electron chi connectivity index (χ0n) is 6.51. The Morgan fingerprint density at radius 2 is 2.00 bits per heavy atom. The van der Waals surface area contributed by atoms with Gasteiger partial charge in [0.1, 0.15) is 0 Å². The summed E-state index contributed by atoms with van der Waals surface area (Å²) in [5.41, 5.74) is -1.89. The van der Waals surface area contributed by atoms with Crippen molar-refractivity contribution >= 4 is 10.1 Å². The van der Waals surface area contributed by atoms with Crippen LogP contribution in [0.5, 0.6) is 0 Å². The van der Waals surface area contributed by atoms with Crippen LogP contribution in [0.1, 0.15) is 0 Å². The summed E-state index contributed by atoms with van der Waals surface area (Å²) in [5.74, 6) is 0. The Labute approximate surface area is 72.4 Å². The summed E-state index contributed by atoms with van der Waals surface area (Å²) < 4.78 is 30.4. The van der Waals surface area contributed by atoms with E-state index >= 15 is 0 Å². The summed E-state index contributed by atoms with van der Waals surface area (Å²) in [6, 6.07) is 0. The minimum absolute atomic E-state index is 0.747. The highest BCUT2D eigenvalue weighted by Gasteiger charge is 2.15. The topological polar surface area (TPSA) is 109 Å². The largest absolute Gasteiger partial charge is 0.328 e. The molecule has 7 nitrogen and oxygen atoms in total. The van der Waals surface area contributed by atoms with Crippen LogP contribution in [0.3, 0.4) is 0 Å². The normalized spacial score (nSPS) is 11.5. The summed E-state index contributed by atoms with van der Waals surface area (Å²) in [5, 5.41) is 0. The zero-order valence-corrected chi connectivity index (χ0v) is 7.33. The van der Waals surface area contributed by atoms with Crippen molar-refractivity contribution in [1.82, 2.24) is 9.55 Å². The van der Waals surface area contributed by atoms with Gasteiger partial charge in [-0.3, -0.25) is 14.3 Å². The molecular weight excluding hydrogens is 200 g/mol. The van der Waals surface area contributed by atoms with Gasteiger partial charge in [-0.05, 0) is 0 Å². The number of nitrogens with one attached hydrogen (secondary N) is 1. The smallest absolute Gasteiger partial charge is 0.302 e. The lowest BCUT2D eigenvalue weighted by Gasteiger charge is -1.98. The Morgan fingerprint density at radius 3 is 2.46 bits per heavy atom. The Morgan fingerprint density at radius 1 is 1.46 bits per heavy atom. The highest BCUT2D eigenvalue weighted by molar-refractivity contribution is 7.85. The summed E-state index contributed by atoms with van der Waals surface area (Å²) >= 11 is 0. The number of aromatic amines is 1. The van der Waals surface area contributed by atoms with Crippen molar-refractivity contribution in [3.8, 4) is 0 Å². The van der Waals surface area contributed by atoms with E-state index in [4.69, 9.17) is 4.55 Å². The van der Waals surface area contributed by atoms with Crippen LogP contribution in [0.25, 0.3) is 0 Å². The van der Waals surface area contributed by atoms with Gasteiger partial charge in [0.2, 0.25) is 0 Å². The number of aromatic nitrogens is 2. The van der Waals surface area contributed by atoms with Gasteiger partial charge >= 0.3 is 15.8 Å². The molecule has 0 amide bonds. The second-order valence-corrected chi connectivity index (χ2v) is 3.73. The van der Waals surface area contributed by atoms with E-state index < -0.39 is 26.3 Å². The van der Waals surface area contributed by atoms with Crippen LogP contribution in [-0.2, 0) is 17.2 Å². The number of nitrogens with zero attached hydrogens (tertiary/aromatic N) is 1. The van der Waals surface area contributed by atoms with Crippen molar-refractivity contribution in [2.75, 3.05) is 0 Å². The van der Waals surface area contributed by atoms with Gasteiger partial charge < -0.3 is 4.57 Å². The fraction of sp³-hybridized carbons (Fsp3) is 0.200. The van der Waals surface area contributed by atoms with Crippen molar-refractivity contribution in [2.45, 2.75) is 4.90 Å². The maximum absolute atomic E-state index is 10.8. The van der Waals surface area contributed by atoms with Crippen LogP contribution < -0.4 is 11.2 Å². The predicted molar refractivity (Wildman–Crippen MR) is 42.1 cm³/mol. The molecule has 0 aromatic carbocycles. The van der Waals surface area contributed by atoms with Crippen molar-refractivity contribution < 1.29 is 13.0 Å². The molecular formula is C5H6N2O5S. The average Bonchev–Trinajstić information content (AvgIpc) is 1.94. The highest BCUT2D eigenvalue weighted by Crippen LogP contribution is 1.96. The predicted octanol–water partition coefficient (Wildman–Crippen LogP) is -1.68. The molecule has 0 spiro atoms. The van der Waals surface area contributed by atoms with Gasteiger partial charge in [0.25, 0.3) is 5.56 Å². The Balaban J connectivity index is 3.70. The van der Waals surface area contributed by atoms with Crippen molar-refractivity contribution in [1.29, 1.82) is 0 Å². The maximum Gasteiger partial charge on any atom is 0.328 e. The van der Waals surface area contributed by atoms with Crippen LogP contribution in [0, 0.1) is 0 Å². The molecule has 0 bridgehead atoms. The van der Waals surface area contributed by atoms with Crippen molar-refractivity contribution in [3.63, 3.8) is 0 Å². The lowest BCUT2D eigenvalue weighted by atomic mass is 10.6. The molecule has 1 rings (SSSR count). The molecule has 1 heterocycles. The maximum atomic E-state index is 10.8. The molecule has 72 valence electrons. The number of aryl methyl sites for hydroxylation is 1. The molecule has 0 unspecified atom stereocenters. The minimum atomic E-state index is -4.58. The van der Waals surface area contributed by atoms with Gasteiger partial charge in [-0.25, -0.2) is 4.79 Å². The molecule has 8 heteroatoms. The first kappa shape index (κ1) is 9.68. The molecule has 13 heavy (non-hydrogen) atoms. The molecule has 0 saturated carbocycles. The summed E-state index contributed by atoms with van der Waals surface area (Å²) in [7, 11) is -3.33. The fourth-order valence-corrected chi connectivity index (χ4v) is 1.30. The monoisotopic (exact) mass is 206 g/mol. The van der Waals surface area contributed by atoms with E-state index in [0.29, 0.717) is 0 Å². The molecule has 0 saturated heterocycles. The standard InChI is InChI=1S/C5H6N2O5S/c1-7-2-3(13(10,11)12)4(8)6-5(7)9/h2H,1H3,(H,6,8,9)(H,10,11,12). The Hall–Kier alpha value is -1.41. The van der Waals surface area contributed by atoms with E-state index in [1.807, 2.05) is 0 Å². The third kappa shape index (κ3) is 1.84. The van der Waals surface area contributed by atoms with Gasteiger partial charge in [-0.2, -0.15) is 8.42 Å². The zero-order chi connectivity index (χ0) is 10.2. The van der Waals surface area contributed by atoms with E-state index in [1.165, 1.54) is 7.05 Å². The lowest BCUT2D eigenvalue weighted by molar-refractivity contribution is 0.480. The molecule has 2 N–H and O–H groups in total. The van der Waals surface area contributed by atoms with Crippen LogP contribution in [0.15, 0.2) is 20.7 Å². The third-order valence-electron chi connectivity index (χ3n) is 1.35. The summed E-state index contributed by atoms with van der Waals surface area (Å²) in [4.78, 5) is 22.5. The van der Waals surface area contributed by atoms with Crippen LogP contribution in [-0.4, -0.2) is 22.5 Å². The third-order valence-corrected chi connectivity index (χ3v) is 2.20. The Kier molecular flexibility index (Phi) is 2.10.